The quantitative estimate of drug-likeness (QED) is 0.884. The van der Waals surface area contributed by atoms with Crippen LogP contribution in [0.3, 0.4) is 0 Å². The Morgan fingerprint density at radius 3 is 2.89 bits per heavy atom. The van der Waals surface area contributed by atoms with Crippen molar-refractivity contribution in [1.29, 1.82) is 0 Å². The first-order chi connectivity index (χ1) is 9.02. The summed E-state index contributed by atoms with van der Waals surface area (Å²) in [5.74, 6) is 1.02. The normalized spacial score (nSPS) is 20.5. The number of rotatable bonds is 5. The second-order valence-corrected chi connectivity index (χ2v) is 5.96. The Bertz CT molecular complexity index is 417. The lowest BCUT2D eigenvalue weighted by atomic mass is 9.96. The summed E-state index contributed by atoms with van der Waals surface area (Å²) < 4.78 is 11.2. The molecule has 0 aromatic heterocycles. The van der Waals surface area contributed by atoms with Crippen molar-refractivity contribution in [3.63, 3.8) is 0 Å². The van der Waals surface area contributed by atoms with E-state index < -0.39 is 0 Å². The first kappa shape index (κ1) is 14.4. The number of para-hydroxylation sites is 1. The maximum Gasteiger partial charge on any atom is 0.124 e. The van der Waals surface area contributed by atoms with E-state index in [1.165, 1.54) is 5.56 Å². The van der Waals surface area contributed by atoms with E-state index >= 15 is 0 Å². The van der Waals surface area contributed by atoms with Gasteiger partial charge >= 0.3 is 0 Å². The van der Waals surface area contributed by atoms with Crippen molar-refractivity contribution in [3.05, 3.63) is 29.8 Å². The van der Waals surface area contributed by atoms with Crippen molar-refractivity contribution < 1.29 is 9.47 Å². The van der Waals surface area contributed by atoms with Crippen LogP contribution in [0.15, 0.2) is 24.3 Å². The highest BCUT2D eigenvalue weighted by Crippen LogP contribution is 2.32. The summed E-state index contributed by atoms with van der Waals surface area (Å²) in [6.45, 7) is 7.26. The number of nitrogens with one attached hydrogen (secondary N) is 1. The van der Waals surface area contributed by atoms with Crippen LogP contribution in [0.25, 0.3) is 0 Å². The van der Waals surface area contributed by atoms with Crippen molar-refractivity contribution in [2.24, 2.45) is 0 Å². The highest BCUT2D eigenvalue weighted by molar-refractivity contribution is 5.37. The van der Waals surface area contributed by atoms with E-state index in [1.807, 2.05) is 12.1 Å². The van der Waals surface area contributed by atoms with Crippen LogP contribution in [0.5, 0.6) is 5.75 Å². The molecule has 0 amide bonds. The molecular formula is C16H25NO2. The van der Waals surface area contributed by atoms with E-state index in [0.717, 1.165) is 25.2 Å². The smallest absolute Gasteiger partial charge is 0.124 e. The zero-order chi connectivity index (χ0) is 13.9. The molecule has 1 N–H and O–H groups in total. The molecule has 2 unspecified atom stereocenters. The Morgan fingerprint density at radius 2 is 2.16 bits per heavy atom. The molecule has 1 heterocycles. The van der Waals surface area contributed by atoms with Gasteiger partial charge in [-0.1, -0.05) is 18.2 Å². The Morgan fingerprint density at radius 1 is 1.42 bits per heavy atom. The average Bonchev–Trinajstić information content (AvgIpc) is 2.38. The number of methoxy groups -OCH3 is 1. The lowest BCUT2D eigenvalue weighted by Gasteiger charge is -2.32. The largest absolute Gasteiger partial charge is 0.493 e. The van der Waals surface area contributed by atoms with Gasteiger partial charge < -0.3 is 14.8 Å². The minimum atomic E-state index is -0.0862. The zero-order valence-electron chi connectivity index (χ0n) is 12.4. The van der Waals surface area contributed by atoms with Crippen LogP contribution in [0.1, 0.15) is 45.2 Å². The topological polar surface area (TPSA) is 30.5 Å². The molecule has 3 heteroatoms. The summed E-state index contributed by atoms with van der Waals surface area (Å²) in [5.41, 5.74) is 1.19. The van der Waals surface area contributed by atoms with Crippen LogP contribution in [0.2, 0.25) is 0 Å². The van der Waals surface area contributed by atoms with E-state index in [1.54, 1.807) is 7.11 Å². The third kappa shape index (κ3) is 3.71. The maximum absolute atomic E-state index is 5.69. The average molecular weight is 263 g/mol. The van der Waals surface area contributed by atoms with Gasteiger partial charge in [-0.2, -0.15) is 0 Å². The van der Waals surface area contributed by atoms with Crippen molar-refractivity contribution in [3.8, 4) is 5.75 Å². The molecule has 3 nitrogen and oxygen atoms in total. The highest BCUT2D eigenvalue weighted by Gasteiger charge is 2.25. The number of benzene rings is 1. The predicted molar refractivity (Wildman–Crippen MR) is 77.6 cm³/mol. The molecule has 106 valence electrons. The van der Waals surface area contributed by atoms with Crippen molar-refractivity contribution >= 4 is 0 Å². The molecule has 1 aromatic rings. The standard InChI is InChI=1S/C16H25NO2/c1-12(11-16(2,3)18-4)17-14-9-10-19-15-8-6-5-7-13(14)15/h5-8,12,14,17H,9-11H2,1-4H3. The van der Waals surface area contributed by atoms with Crippen LogP contribution in [0.4, 0.5) is 0 Å². The summed E-state index contributed by atoms with van der Waals surface area (Å²) in [4.78, 5) is 0. The molecule has 0 radical (unpaired) electrons. The van der Waals surface area contributed by atoms with E-state index in [2.05, 4.69) is 38.2 Å². The van der Waals surface area contributed by atoms with Crippen LogP contribution in [-0.2, 0) is 4.74 Å². The number of hydrogen-bond donors (Lipinski definition) is 1. The van der Waals surface area contributed by atoms with Gasteiger partial charge in [0.25, 0.3) is 0 Å². The Hall–Kier alpha value is -1.06. The summed E-state index contributed by atoms with van der Waals surface area (Å²) in [6.07, 6.45) is 2.01. The molecule has 0 spiro atoms. The summed E-state index contributed by atoms with van der Waals surface area (Å²) in [5, 5.41) is 3.71. The molecule has 19 heavy (non-hydrogen) atoms. The van der Waals surface area contributed by atoms with Gasteiger partial charge in [-0.15, -0.1) is 0 Å². The molecule has 1 aromatic carbocycles. The lowest BCUT2D eigenvalue weighted by molar-refractivity contribution is 0.00724. The van der Waals surface area contributed by atoms with Gasteiger partial charge in [-0.05, 0) is 33.3 Å². The monoisotopic (exact) mass is 263 g/mol. The van der Waals surface area contributed by atoms with E-state index in [9.17, 15) is 0 Å². The lowest BCUT2D eigenvalue weighted by Crippen LogP contribution is -2.39. The van der Waals surface area contributed by atoms with Gasteiger partial charge in [0.05, 0.1) is 12.2 Å². The molecular weight excluding hydrogens is 238 g/mol. The zero-order valence-corrected chi connectivity index (χ0v) is 12.4. The molecule has 1 aliphatic heterocycles. The maximum atomic E-state index is 5.69. The third-order valence-corrected chi connectivity index (χ3v) is 3.79. The molecule has 2 atom stereocenters. The van der Waals surface area contributed by atoms with Crippen LogP contribution in [0, 0.1) is 0 Å². The van der Waals surface area contributed by atoms with E-state index in [0.29, 0.717) is 12.1 Å². The van der Waals surface area contributed by atoms with Crippen molar-refractivity contribution in [2.75, 3.05) is 13.7 Å². The fourth-order valence-corrected chi connectivity index (χ4v) is 2.74. The second-order valence-electron chi connectivity index (χ2n) is 5.96. The Balaban J connectivity index is 2.01. The SMILES string of the molecule is COC(C)(C)CC(C)NC1CCOc2ccccc21. The fraction of sp³-hybridized carbons (Fsp3) is 0.625. The van der Waals surface area contributed by atoms with Crippen molar-refractivity contribution in [1.82, 2.24) is 5.32 Å². The first-order valence-corrected chi connectivity index (χ1v) is 7.05. The Kier molecular flexibility index (Phi) is 4.48. The van der Waals surface area contributed by atoms with Gasteiger partial charge in [-0.3, -0.25) is 0 Å². The number of ether oxygens (including phenoxy) is 2. The summed E-state index contributed by atoms with van der Waals surface area (Å²) in [6, 6.07) is 9.09. The first-order valence-electron chi connectivity index (χ1n) is 7.05. The van der Waals surface area contributed by atoms with E-state index in [4.69, 9.17) is 9.47 Å². The Labute approximate surface area is 116 Å². The number of fused-ring (bicyclic) bond motifs is 1. The minimum Gasteiger partial charge on any atom is -0.493 e. The molecule has 2 rings (SSSR count). The molecule has 0 aliphatic carbocycles. The third-order valence-electron chi connectivity index (χ3n) is 3.79. The number of hydrogen-bond acceptors (Lipinski definition) is 3. The molecule has 0 bridgehead atoms. The molecule has 0 saturated heterocycles. The van der Waals surface area contributed by atoms with Crippen molar-refractivity contribution in [2.45, 2.75) is 51.3 Å². The fourth-order valence-electron chi connectivity index (χ4n) is 2.74. The second kappa shape index (κ2) is 5.93. The molecule has 0 saturated carbocycles. The van der Waals surface area contributed by atoms with Gasteiger partial charge in [0.2, 0.25) is 0 Å². The van der Waals surface area contributed by atoms with Crippen LogP contribution < -0.4 is 10.1 Å². The van der Waals surface area contributed by atoms with Gasteiger partial charge in [-0.25, -0.2) is 0 Å². The predicted octanol–water partition coefficient (Wildman–Crippen LogP) is 3.30. The summed E-state index contributed by atoms with van der Waals surface area (Å²) >= 11 is 0. The van der Waals surface area contributed by atoms with E-state index in [-0.39, 0.29) is 5.60 Å². The van der Waals surface area contributed by atoms with Gasteiger partial charge in [0.15, 0.2) is 0 Å². The van der Waals surface area contributed by atoms with Gasteiger partial charge in [0, 0.05) is 31.2 Å². The van der Waals surface area contributed by atoms with Crippen LogP contribution in [-0.4, -0.2) is 25.4 Å². The van der Waals surface area contributed by atoms with Gasteiger partial charge in [0.1, 0.15) is 5.75 Å². The van der Waals surface area contributed by atoms with Crippen LogP contribution >= 0.6 is 0 Å². The molecule has 0 fully saturated rings. The summed E-state index contributed by atoms with van der Waals surface area (Å²) in [7, 11) is 1.77. The molecule has 1 aliphatic rings. The highest BCUT2D eigenvalue weighted by atomic mass is 16.5. The minimum absolute atomic E-state index is 0.0862.